The van der Waals surface area contributed by atoms with Gasteiger partial charge in [0, 0.05) is 30.1 Å². The summed E-state index contributed by atoms with van der Waals surface area (Å²) < 4.78 is 1.03. The summed E-state index contributed by atoms with van der Waals surface area (Å²) in [5.74, 6) is -0.0502. The van der Waals surface area contributed by atoms with Gasteiger partial charge in [-0.25, -0.2) is 4.98 Å². The Morgan fingerprint density at radius 1 is 1.25 bits per heavy atom. The van der Waals surface area contributed by atoms with Gasteiger partial charge in [0.25, 0.3) is 0 Å². The molecular formula is C21H23N5OS. The maximum absolute atomic E-state index is 13.1. The summed E-state index contributed by atoms with van der Waals surface area (Å²) in [6, 6.07) is 9.37. The van der Waals surface area contributed by atoms with Crippen LogP contribution < -0.4 is 5.32 Å². The summed E-state index contributed by atoms with van der Waals surface area (Å²) in [6.07, 6.45) is 4.19. The maximum Gasteiger partial charge on any atom is 0.249 e. The third kappa shape index (κ3) is 3.49. The van der Waals surface area contributed by atoms with Crippen molar-refractivity contribution >= 4 is 38.9 Å². The number of aromatic nitrogens is 2. The molecule has 0 spiro atoms. The number of hydrogen-bond donors (Lipinski definition) is 1. The minimum absolute atomic E-state index is 0.0502. The first kappa shape index (κ1) is 18.6. The van der Waals surface area contributed by atoms with Gasteiger partial charge in [0.2, 0.25) is 5.91 Å². The number of para-hydroxylation sites is 1. The molecular weight excluding hydrogens is 370 g/mol. The third-order valence-electron chi connectivity index (χ3n) is 4.66. The Labute approximate surface area is 168 Å². The standard InChI is InChI=1S/C21H23N5OS/c1-13-11-17(26(25-13)21(2,3)4)19(27)23-15-8-6-5-7-14(15)20-24-16-9-10-22-12-18(16)28-20/h5-10,12,17H,11H2,1-4H3,(H,23,27). The predicted octanol–water partition coefficient (Wildman–Crippen LogP) is 4.55. The lowest BCUT2D eigenvalue weighted by Crippen LogP contribution is -2.47. The Balaban J connectivity index is 1.63. The highest BCUT2D eigenvalue weighted by Gasteiger charge is 2.37. The molecule has 0 fully saturated rings. The number of pyridine rings is 1. The summed E-state index contributed by atoms with van der Waals surface area (Å²) >= 11 is 1.57. The molecule has 144 valence electrons. The Morgan fingerprint density at radius 2 is 2.04 bits per heavy atom. The molecule has 1 N–H and O–H groups in total. The molecule has 4 rings (SSSR count). The first-order valence-electron chi connectivity index (χ1n) is 9.27. The van der Waals surface area contributed by atoms with Gasteiger partial charge >= 0.3 is 0 Å². The fourth-order valence-electron chi connectivity index (χ4n) is 3.37. The number of rotatable bonds is 3. The largest absolute Gasteiger partial charge is 0.324 e. The van der Waals surface area contributed by atoms with Crippen LogP contribution in [-0.2, 0) is 4.79 Å². The SMILES string of the molecule is CC1=NN(C(C)(C)C)C(C(=O)Nc2ccccc2-c2nc3ccncc3s2)C1. The van der Waals surface area contributed by atoms with E-state index in [0.717, 1.165) is 32.2 Å². The number of nitrogens with one attached hydrogen (secondary N) is 1. The summed E-state index contributed by atoms with van der Waals surface area (Å²) in [5, 5.41) is 10.5. The van der Waals surface area contributed by atoms with E-state index in [2.05, 4.69) is 36.2 Å². The van der Waals surface area contributed by atoms with Crippen molar-refractivity contribution in [3.05, 3.63) is 42.7 Å². The molecule has 0 bridgehead atoms. The molecule has 1 unspecified atom stereocenters. The molecule has 0 saturated heterocycles. The van der Waals surface area contributed by atoms with Gasteiger partial charge in [0.05, 0.1) is 21.4 Å². The van der Waals surface area contributed by atoms with Crippen LogP contribution in [0.1, 0.15) is 34.1 Å². The molecule has 1 amide bonds. The number of carbonyl (C=O) groups is 1. The van der Waals surface area contributed by atoms with Crippen LogP contribution in [0.5, 0.6) is 0 Å². The topological polar surface area (TPSA) is 70.5 Å². The molecule has 3 aromatic rings. The molecule has 3 heterocycles. The average Bonchev–Trinajstić information content (AvgIpc) is 3.25. The Bertz CT molecular complexity index is 1030. The fraction of sp³-hybridized carbons (Fsp3) is 0.333. The van der Waals surface area contributed by atoms with Crippen LogP contribution in [0.3, 0.4) is 0 Å². The first-order valence-corrected chi connectivity index (χ1v) is 10.1. The number of hydrogen-bond acceptors (Lipinski definition) is 6. The van der Waals surface area contributed by atoms with Gasteiger partial charge in [0.15, 0.2) is 0 Å². The molecule has 2 aromatic heterocycles. The normalized spacial score (nSPS) is 17.1. The van der Waals surface area contributed by atoms with E-state index in [9.17, 15) is 4.79 Å². The van der Waals surface area contributed by atoms with E-state index >= 15 is 0 Å². The number of nitrogens with zero attached hydrogens (tertiary/aromatic N) is 4. The van der Waals surface area contributed by atoms with Gasteiger partial charge in [-0.1, -0.05) is 12.1 Å². The summed E-state index contributed by atoms with van der Waals surface area (Å²) in [6.45, 7) is 8.17. The lowest BCUT2D eigenvalue weighted by atomic mass is 10.0. The average molecular weight is 394 g/mol. The van der Waals surface area contributed by atoms with Crippen LogP contribution >= 0.6 is 11.3 Å². The molecule has 7 heteroatoms. The van der Waals surface area contributed by atoms with E-state index < -0.39 is 0 Å². The molecule has 6 nitrogen and oxygen atoms in total. The van der Waals surface area contributed by atoms with Crippen LogP contribution in [0.4, 0.5) is 5.69 Å². The van der Waals surface area contributed by atoms with Crippen molar-refractivity contribution in [1.29, 1.82) is 0 Å². The van der Waals surface area contributed by atoms with Gasteiger partial charge in [0.1, 0.15) is 11.0 Å². The second-order valence-electron chi connectivity index (χ2n) is 7.97. The van der Waals surface area contributed by atoms with Gasteiger partial charge in [-0.15, -0.1) is 11.3 Å². The smallest absolute Gasteiger partial charge is 0.249 e. The van der Waals surface area contributed by atoms with E-state index in [-0.39, 0.29) is 17.5 Å². The lowest BCUT2D eigenvalue weighted by Gasteiger charge is -2.35. The fourth-order valence-corrected chi connectivity index (χ4v) is 4.34. The molecule has 0 radical (unpaired) electrons. The zero-order valence-corrected chi connectivity index (χ0v) is 17.2. The van der Waals surface area contributed by atoms with Gasteiger partial charge in [-0.3, -0.25) is 14.8 Å². The Morgan fingerprint density at radius 3 is 2.79 bits per heavy atom. The van der Waals surface area contributed by atoms with Gasteiger partial charge in [-0.05, 0) is 45.9 Å². The number of benzene rings is 1. The molecule has 0 saturated carbocycles. The van der Waals surface area contributed by atoms with Crippen molar-refractivity contribution in [1.82, 2.24) is 15.0 Å². The van der Waals surface area contributed by atoms with Crippen LogP contribution in [0.25, 0.3) is 20.8 Å². The minimum atomic E-state index is -0.312. The van der Waals surface area contributed by atoms with Crippen molar-refractivity contribution in [2.24, 2.45) is 5.10 Å². The summed E-state index contributed by atoms with van der Waals surface area (Å²) in [7, 11) is 0. The molecule has 0 aliphatic carbocycles. The lowest BCUT2D eigenvalue weighted by molar-refractivity contribution is -0.122. The first-order chi connectivity index (χ1) is 13.3. The van der Waals surface area contributed by atoms with E-state index in [0.29, 0.717) is 6.42 Å². The molecule has 28 heavy (non-hydrogen) atoms. The molecule has 1 aromatic carbocycles. The van der Waals surface area contributed by atoms with Crippen molar-refractivity contribution in [3.8, 4) is 10.6 Å². The molecule has 1 aliphatic rings. The number of hydrazone groups is 1. The van der Waals surface area contributed by atoms with Crippen LogP contribution in [-0.4, -0.2) is 38.2 Å². The number of fused-ring (bicyclic) bond motifs is 1. The second-order valence-corrected chi connectivity index (χ2v) is 9.00. The molecule has 1 atom stereocenters. The van der Waals surface area contributed by atoms with E-state index in [1.807, 2.05) is 48.5 Å². The van der Waals surface area contributed by atoms with Crippen molar-refractivity contribution in [2.75, 3.05) is 5.32 Å². The number of anilines is 1. The highest BCUT2D eigenvalue weighted by molar-refractivity contribution is 7.21. The number of carbonyl (C=O) groups excluding carboxylic acids is 1. The van der Waals surface area contributed by atoms with Crippen molar-refractivity contribution < 1.29 is 4.79 Å². The summed E-state index contributed by atoms with van der Waals surface area (Å²) in [5.41, 5.74) is 3.34. The Kier molecular flexibility index (Phi) is 4.63. The highest BCUT2D eigenvalue weighted by Crippen LogP contribution is 2.35. The molecule has 1 aliphatic heterocycles. The second kappa shape index (κ2) is 6.98. The van der Waals surface area contributed by atoms with E-state index in [4.69, 9.17) is 4.98 Å². The van der Waals surface area contributed by atoms with Crippen LogP contribution in [0, 0.1) is 0 Å². The third-order valence-corrected chi connectivity index (χ3v) is 5.70. The zero-order chi connectivity index (χ0) is 19.9. The number of thiazole rings is 1. The van der Waals surface area contributed by atoms with Crippen LogP contribution in [0.2, 0.25) is 0 Å². The highest BCUT2D eigenvalue weighted by atomic mass is 32.1. The monoisotopic (exact) mass is 393 g/mol. The quantitative estimate of drug-likeness (QED) is 0.709. The maximum atomic E-state index is 13.1. The van der Waals surface area contributed by atoms with Gasteiger partial charge in [-0.2, -0.15) is 5.10 Å². The van der Waals surface area contributed by atoms with Crippen molar-refractivity contribution in [2.45, 2.75) is 45.7 Å². The van der Waals surface area contributed by atoms with Gasteiger partial charge < -0.3 is 5.32 Å². The van der Waals surface area contributed by atoms with Crippen LogP contribution in [0.15, 0.2) is 47.8 Å². The van der Waals surface area contributed by atoms with E-state index in [1.165, 1.54) is 0 Å². The zero-order valence-electron chi connectivity index (χ0n) is 16.4. The number of amides is 1. The van der Waals surface area contributed by atoms with Crippen molar-refractivity contribution in [3.63, 3.8) is 0 Å². The summed E-state index contributed by atoms with van der Waals surface area (Å²) in [4.78, 5) is 22.0. The van der Waals surface area contributed by atoms with E-state index in [1.54, 1.807) is 17.5 Å². The predicted molar refractivity (Wildman–Crippen MR) is 115 cm³/mol. The Hall–Kier alpha value is -2.80. The minimum Gasteiger partial charge on any atom is -0.324 e.